The number of rotatable bonds is 2. The second kappa shape index (κ2) is 8.03. The Bertz CT molecular complexity index is 733. The van der Waals surface area contributed by atoms with Crippen LogP contribution in [-0.2, 0) is 0 Å². The molecule has 154 valence electrons. The van der Waals surface area contributed by atoms with Crippen LogP contribution in [0.4, 0.5) is 19.3 Å². The van der Waals surface area contributed by atoms with Crippen LogP contribution in [0.3, 0.4) is 0 Å². The number of nitrogens with zero attached hydrogens (tertiary/aromatic N) is 2. The Morgan fingerprint density at radius 2 is 1.75 bits per heavy atom. The fourth-order valence-electron chi connectivity index (χ4n) is 4.20. The lowest BCUT2D eigenvalue weighted by molar-refractivity contribution is -0.0938. The molecule has 3 unspecified atom stereocenters. The molecular weight excluding hydrogens is 368 g/mol. The summed E-state index contributed by atoms with van der Waals surface area (Å²) in [4.78, 5) is 28.2. The molecule has 0 aromatic heterocycles. The van der Waals surface area contributed by atoms with E-state index in [0.29, 0.717) is 30.5 Å². The van der Waals surface area contributed by atoms with Gasteiger partial charge in [-0.2, -0.15) is 0 Å². The second-order valence-corrected chi connectivity index (χ2v) is 8.23. The topological polar surface area (TPSA) is 72.9 Å². The summed E-state index contributed by atoms with van der Waals surface area (Å²) in [5.41, 5.74) is 0.619. The fourth-order valence-corrected chi connectivity index (χ4v) is 4.20. The van der Waals surface area contributed by atoms with Crippen molar-refractivity contribution < 1.29 is 23.5 Å². The van der Waals surface area contributed by atoms with E-state index in [1.807, 2.05) is 0 Å². The van der Waals surface area contributed by atoms with Crippen molar-refractivity contribution in [2.24, 2.45) is 11.8 Å². The van der Waals surface area contributed by atoms with Gasteiger partial charge < -0.3 is 20.2 Å². The minimum Gasteiger partial charge on any atom is -0.391 e. The summed E-state index contributed by atoms with van der Waals surface area (Å²) in [6.45, 7) is 4.58. The molecule has 1 aromatic carbocycles. The summed E-state index contributed by atoms with van der Waals surface area (Å²) in [7, 11) is 0. The highest BCUT2D eigenvalue weighted by molar-refractivity contribution is 6.03. The van der Waals surface area contributed by atoms with Crippen molar-refractivity contribution in [1.82, 2.24) is 9.80 Å². The number of alkyl halides is 2. The number of aliphatic hydroxyl groups is 1. The maximum absolute atomic E-state index is 13.7. The second-order valence-electron chi connectivity index (χ2n) is 8.23. The largest absolute Gasteiger partial charge is 0.391 e. The molecule has 0 spiro atoms. The van der Waals surface area contributed by atoms with E-state index in [1.54, 1.807) is 29.2 Å². The standard InChI is InChI=1S/C20H27F2N3O3/c1-13-7-14(2)10-24(9-13)18(27)16-5-3-4-6-17(16)23-19(28)25-11-15(26)8-20(21,22)12-25/h3-6,13-15,26H,7-12H2,1-2H3,(H,23,28). The van der Waals surface area contributed by atoms with Crippen LogP contribution in [0.2, 0.25) is 0 Å². The van der Waals surface area contributed by atoms with E-state index < -0.39 is 31.0 Å². The number of piperidine rings is 2. The van der Waals surface area contributed by atoms with Crippen molar-refractivity contribution in [3.8, 4) is 0 Å². The first-order valence-corrected chi connectivity index (χ1v) is 9.65. The number of nitrogens with one attached hydrogen (secondary N) is 1. The fraction of sp³-hybridized carbons (Fsp3) is 0.600. The molecule has 28 heavy (non-hydrogen) atoms. The number of carbonyl (C=O) groups is 2. The highest BCUT2D eigenvalue weighted by Gasteiger charge is 2.41. The minimum absolute atomic E-state index is 0.168. The average molecular weight is 395 g/mol. The minimum atomic E-state index is -3.13. The van der Waals surface area contributed by atoms with Crippen molar-refractivity contribution >= 4 is 17.6 Å². The van der Waals surface area contributed by atoms with Crippen LogP contribution in [-0.4, -0.2) is 65.1 Å². The molecule has 6 nitrogen and oxygen atoms in total. The van der Waals surface area contributed by atoms with E-state index in [1.165, 1.54) is 0 Å². The summed E-state index contributed by atoms with van der Waals surface area (Å²) in [5, 5.41) is 12.2. The number of anilines is 1. The lowest BCUT2D eigenvalue weighted by Crippen LogP contribution is -2.52. The van der Waals surface area contributed by atoms with Gasteiger partial charge in [0, 0.05) is 26.1 Å². The van der Waals surface area contributed by atoms with Gasteiger partial charge in [-0.1, -0.05) is 26.0 Å². The third kappa shape index (κ3) is 4.79. The SMILES string of the molecule is CC1CC(C)CN(C(=O)c2ccccc2NC(=O)N2CC(O)CC(F)(F)C2)C1. The molecule has 3 amide bonds. The van der Waals surface area contributed by atoms with Crippen LogP contribution in [0.1, 0.15) is 37.0 Å². The smallest absolute Gasteiger partial charge is 0.322 e. The van der Waals surface area contributed by atoms with Crippen LogP contribution in [0, 0.1) is 11.8 Å². The molecule has 2 saturated heterocycles. The number of aliphatic hydroxyl groups excluding tert-OH is 1. The third-order valence-electron chi connectivity index (χ3n) is 5.23. The molecule has 1 aromatic rings. The van der Waals surface area contributed by atoms with Gasteiger partial charge in [-0.15, -0.1) is 0 Å². The van der Waals surface area contributed by atoms with Gasteiger partial charge in [0.1, 0.15) is 0 Å². The number of halogens is 2. The molecule has 8 heteroatoms. The predicted molar refractivity (Wildman–Crippen MR) is 101 cm³/mol. The van der Waals surface area contributed by atoms with Crippen molar-refractivity contribution in [3.63, 3.8) is 0 Å². The van der Waals surface area contributed by atoms with Crippen LogP contribution in [0.5, 0.6) is 0 Å². The van der Waals surface area contributed by atoms with Crippen molar-refractivity contribution in [2.75, 3.05) is 31.5 Å². The number of hydrogen-bond donors (Lipinski definition) is 2. The van der Waals surface area contributed by atoms with Gasteiger partial charge in [0.05, 0.1) is 23.9 Å². The molecule has 3 atom stereocenters. The number of hydrogen-bond acceptors (Lipinski definition) is 3. The van der Waals surface area contributed by atoms with Gasteiger partial charge in [0.15, 0.2) is 0 Å². The first kappa shape index (κ1) is 20.5. The Balaban J connectivity index is 1.75. The van der Waals surface area contributed by atoms with E-state index in [9.17, 15) is 23.5 Å². The molecule has 3 rings (SSSR count). The van der Waals surface area contributed by atoms with Crippen molar-refractivity contribution in [1.29, 1.82) is 0 Å². The maximum atomic E-state index is 13.7. The normalized spacial score (nSPS) is 27.4. The molecule has 2 aliphatic heterocycles. The Kier molecular flexibility index (Phi) is 5.88. The lowest BCUT2D eigenvalue weighted by Gasteiger charge is -2.36. The number of para-hydroxylation sites is 1. The molecule has 2 heterocycles. The Morgan fingerprint density at radius 3 is 2.39 bits per heavy atom. The maximum Gasteiger partial charge on any atom is 0.322 e. The summed E-state index contributed by atoms with van der Waals surface area (Å²) < 4.78 is 27.4. The van der Waals surface area contributed by atoms with Crippen LogP contribution in [0.15, 0.2) is 24.3 Å². The quantitative estimate of drug-likeness (QED) is 0.809. The van der Waals surface area contributed by atoms with E-state index in [0.717, 1.165) is 11.3 Å². The van der Waals surface area contributed by atoms with Gasteiger partial charge in [-0.25, -0.2) is 13.6 Å². The molecule has 2 N–H and O–H groups in total. The van der Waals surface area contributed by atoms with Gasteiger partial charge in [0.25, 0.3) is 11.8 Å². The Morgan fingerprint density at radius 1 is 1.11 bits per heavy atom. The van der Waals surface area contributed by atoms with Gasteiger partial charge >= 0.3 is 6.03 Å². The lowest BCUT2D eigenvalue weighted by atomic mass is 9.91. The summed E-state index contributed by atoms with van der Waals surface area (Å²) >= 11 is 0. The summed E-state index contributed by atoms with van der Waals surface area (Å²) in [5.74, 6) is -2.53. The number of amides is 3. The van der Waals surface area contributed by atoms with Crippen molar-refractivity contribution in [2.45, 2.75) is 38.7 Å². The van der Waals surface area contributed by atoms with E-state index in [2.05, 4.69) is 19.2 Å². The number of carbonyl (C=O) groups excluding carboxylic acids is 2. The van der Waals surface area contributed by atoms with Crippen molar-refractivity contribution in [3.05, 3.63) is 29.8 Å². The average Bonchev–Trinajstić information content (AvgIpc) is 2.59. The highest BCUT2D eigenvalue weighted by Crippen LogP contribution is 2.28. The molecule has 2 fully saturated rings. The van der Waals surface area contributed by atoms with E-state index in [-0.39, 0.29) is 18.1 Å². The van der Waals surface area contributed by atoms with E-state index in [4.69, 9.17) is 0 Å². The number of likely N-dealkylation sites (tertiary alicyclic amines) is 2. The summed E-state index contributed by atoms with van der Waals surface area (Å²) in [6, 6.07) is 5.84. The Labute approximate surface area is 163 Å². The molecule has 0 aliphatic carbocycles. The number of urea groups is 1. The van der Waals surface area contributed by atoms with Gasteiger partial charge in [-0.05, 0) is 30.4 Å². The molecule has 0 saturated carbocycles. The highest BCUT2D eigenvalue weighted by atomic mass is 19.3. The zero-order valence-electron chi connectivity index (χ0n) is 16.2. The first-order chi connectivity index (χ1) is 13.1. The summed E-state index contributed by atoms with van der Waals surface area (Å²) in [6.07, 6.45) is -0.868. The van der Waals surface area contributed by atoms with E-state index >= 15 is 0 Å². The molecule has 2 aliphatic rings. The zero-order valence-corrected chi connectivity index (χ0v) is 16.2. The molecule has 0 radical (unpaired) electrons. The third-order valence-corrected chi connectivity index (χ3v) is 5.23. The number of β-amino-alcohol motifs (C(OH)–C–C–N with tert-alkyl or cyclic N) is 1. The van der Waals surface area contributed by atoms with Gasteiger partial charge in [-0.3, -0.25) is 4.79 Å². The Hall–Kier alpha value is -2.22. The number of benzene rings is 1. The monoisotopic (exact) mass is 395 g/mol. The predicted octanol–water partition coefficient (Wildman–Crippen LogP) is 3.04. The zero-order chi connectivity index (χ0) is 20.5. The van der Waals surface area contributed by atoms with Gasteiger partial charge in [0.2, 0.25) is 0 Å². The first-order valence-electron chi connectivity index (χ1n) is 9.65. The van der Waals surface area contributed by atoms with Crippen LogP contribution < -0.4 is 5.32 Å². The molecular formula is C20H27F2N3O3. The van der Waals surface area contributed by atoms with Crippen LogP contribution in [0.25, 0.3) is 0 Å². The molecule has 0 bridgehead atoms. The van der Waals surface area contributed by atoms with Crippen LogP contribution >= 0.6 is 0 Å².